The van der Waals surface area contributed by atoms with E-state index in [0.717, 1.165) is 0 Å². The summed E-state index contributed by atoms with van der Waals surface area (Å²) in [4.78, 5) is 35.7. The molecule has 0 aliphatic heterocycles. The predicted octanol–water partition coefficient (Wildman–Crippen LogP) is 3.03. The smallest absolute Gasteiger partial charge is 0.308 e. The van der Waals surface area contributed by atoms with Crippen LogP contribution in [0.3, 0.4) is 0 Å². The third-order valence-electron chi connectivity index (χ3n) is 3.44. The van der Waals surface area contributed by atoms with Crippen LogP contribution in [-0.2, 0) is 14.3 Å². The highest BCUT2D eigenvalue weighted by Crippen LogP contribution is 2.09. The van der Waals surface area contributed by atoms with E-state index in [4.69, 9.17) is 16.3 Å². The summed E-state index contributed by atoms with van der Waals surface area (Å²) >= 11 is 5.76. The van der Waals surface area contributed by atoms with Crippen LogP contribution in [0.4, 0.5) is 5.69 Å². The van der Waals surface area contributed by atoms with E-state index in [2.05, 4.69) is 10.6 Å². The van der Waals surface area contributed by atoms with Gasteiger partial charge in [0.1, 0.15) is 0 Å². The van der Waals surface area contributed by atoms with Gasteiger partial charge in [0, 0.05) is 22.8 Å². The second-order valence-corrected chi connectivity index (χ2v) is 5.94. The lowest BCUT2D eigenvalue weighted by atomic mass is 10.2. The Bertz CT molecular complexity index is 763. The Hall–Kier alpha value is -2.86. The van der Waals surface area contributed by atoms with Gasteiger partial charge in [-0.25, -0.2) is 0 Å². The molecule has 0 heterocycles. The summed E-state index contributed by atoms with van der Waals surface area (Å²) < 4.78 is 5.07. The molecule has 0 saturated heterocycles. The van der Waals surface area contributed by atoms with Crippen LogP contribution in [-0.4, -0.2) is 30.4 Å². The highest BCUT2D eigenvalue weighted by molar-refractivity contribution is 6.30. The molecule has 136 valence electrons. The van der Waals surface area contributed by atoms with Crippen LogP contribution in [0.2, 0.25) is 5.02 Å². The summed E-state index contributed by atoms with van der Waals surface area (Å²) in [6, 6.07) is 15.3. The van der Waals surface area contributed by atoms with Crippen molar-refractivity contribution in [3.63, 3.8) is 0 Å². The zero-order chi connectivity index (χ0) is 18.9. The van der Waals surface area contributed by atoms with Crippen molar-refractivity contribution in [1.29, 1.82) is 0 Å². The number of nitrogens with one attached hydrogen (secondary N) is 2. The maximum atomic E-state index is 12.0. The highest BCUT2D eigenvalue weighted by atomic mass is 35.5. The number of ether oxygens (including phenoxy) is 1. The number of esters is 1. The van der Waals surface area contributed by atoms with Gasteiger partial charge in [-0.3, -0.25) is 14.4 Å². The van der Waals surface area contributed by atoms with E-state index in [1.165, 1.54) is 6.92 Å². The molecule has 1 atom stereocenters. The number of benzene rings is 2. The molecule has 2 rings (SSSR count). The molecule has 26 heavy (non-hydrogen) atoms. The standard InChI is InChI=1S/C19H19ClN2O4/c1-13(18(24)22-16-5-3-2-4-6-16)26-17(23)11-12-21-19(25)14-7-9-15(20)10-8-14/h2-10,13H,11-12H2,1H3,(H,21,25)(H,22,24)/t13-/m0/s1. The van der Waals surface area contributed by atoms with Gasteiger partial charge in [0.15, 0.2) is 6.10 Å². The zero-order valence-electron chi connectivity index (χ0n) is 14.2. The molecule has 0 fully saturated rings. The van der Waals surface area contributed by atoms with E-state index in [1.807, 2.05) is 6.07 Å². The summed E-state index contributed by atoms with van der Waals surface area (Å²) in [5.41, 5.74) is 1.06. The van der Waals surface area contributed by atoms with Gasteiger partial charge in [-0.2, -0.15) is 0 Å². The van der Waals surface area contributed by atoms with Crippen molar-refractivity contribution in [2.75, 3.05) is 11.9 Å². The second kappa shape index (κ2) is 9.58. The van der Waals surface area contributed by atoms with Gasteiger partial charge in [0.25, 0.3) is 11.8 Å². The number of carbonyl (C=O) groups excluding carboxylic acids is 3. The zero-order valence-corrected chi connectivity index (χ0v) is 15.0. The normalized spacial score (nSPS) is 11.3. The van der Waals surface area contributed by atoms with Crippen LogP contribution in [0.1, 0.15) is 23.7 Å². The molecule has 0 bridgehead atoms. The minimum atomic E-state index is -0.935. The van der Waals surface area contributed by atoms with E-state index < -0.39 is 18.0 Å². The molecule has 0 spiro atoms. The number of anilines is 1. The van der Waals surface area contributed by atoms with Crippen molar-refractivity contribution >= 4 is 35.1 Å². The molecule has 0 radical (unpaired) electrons. The molecule has 7 heteroatoms. The van der Waals surface area contributed by atoms with Gasteiger partial charge in [0.05, 0.1) is 6.42 Å². The maximum Gasteiger partial charge on any atom is 0.308 e. The molecule has 0 unspecified atom stereocenters. The first-order chi connectivity index (χ1) is 12.5. The van der Waals surface area contributed by atoms with Gasteiger partial charge >= 0.3 is 5.97 Å². The number of para-hydroxylation sites is 1. The quantitative estimate of drug-likeness (QED) is 0.729. The first-order valence-corrected chi connectivity index (χ1v) is 8.42. The van der Waals surface area contributed by atoms with Gasteiger partial charge in [-0.05, 0) is 43.3 Å². The fourth-order valence-corrected chi connectivity index (χ4v) is 2.18. The SMILES string of the molecule is C[C@H](OC(=O)CCNC(=O)c1ccc(Cl)cc1)C(=O)Nc1ccccc1. The monoisotopic (exact) mass is 374 g/mol. The average Bonchev–Trinajstić information content (AvgIpc) is 2.63. The Balaban J connectivity index is 1.71. The van der Waals surface area contributed by atoms with E-state index in [1.54, 1.807) is 48.5 Å². The number of amides is 2. The average molecular weight is 375 g/mol. The molecule has 0 aliphatic rings. The number of hydrogen-bond acceptors (Lipinski definition) is 4. The fourth-order valence-electron chi connectivity index (χ4n) is 2.06. The third-order valence-corrected chi connectivity index (χ3v) is 3.69. The molecule has 2 N–H and O–H groups in total. The topological polar surface area (TPSA) is 84.5 Å². The van der Waals surface area contributed by atoms with E-state index in [0.29, 0.717) is 16.3 Å². The summed E-state index contributed by atoms with van der Waals surface area (Å²) in [6.45, 7) is 1.59. The van der Waals surface area contributed by atoms with E-state index >= 15 is 0 Å². The Morgan fingerprint density at radius 1 is 1.04 bits per heavy atom. The summed E-state index contributed by atoms with van der Waals surface area (Å²) in [7, 11) is 0. The lowest BCUT2D eigenvalue weighted by Gasteiger charge is -2.13. The molecule has 2 aromatic carbocycles. The summed E-state index contributed by atoms with van der Waals surface area (Å²) in [6.07, 6.45) is -0.975. The van der Waals surface area contributed by atoms with Gasteiger partial charge in [-0.1, -0.05) is 29.8 Å². The minimum absolute atomic E-state index is 0.0394. The molecular weight excluding hydrogens is 356 g/mol. The second-order valence-electron chi connectivity index (χ2n) is 5.50. The number of halogens is 1. The molecule has 6 nitrogen and oxygen atoms in total. The lowest BCUT2D eigenvalue weighted by molar-refractivity contribution is -0.153. The van der Waals surface area contributed by atoms with Crippen LogP contribution in [0.15, 0.2) is 54.6 Å². The number of carbonyl (C=O) groups is 3. The molecule has 0 saturated carbocycles. The largest absolute Gasteiger partial charge is 0.452 e. The molecular formula is C19H19ClN2O4. The van der Waals surface area contributed by atoms with Crippen LogP contribution in [0, 0.1) is 0 Å². The molecule has 0 aliphatic carbocycles. The minimum Gasteiger partial charge on any atom is -0.452 e. The van der Waals surface area contributed by atoms with Crippen molar-refractivity contribution in [1.82, 2.24) is 5.32 Å². The van der Waals surface area contributed by atoms with E-state index in [-0.39, 0.29) is 18.9 Å². The maximum absolute atomic E-state index is 12.0. The first-order valence-electron chi connectivity index (χ1n) is 8.05. The van der Waals surface area contributed by atoms with Crippen molar-refractivity contribution in [3.05, 3.63) is 65.2 Å². The molecule has 0 aromatic heterocycles. The molecule has 2 aromatic rings. The summed E-state index contributed by atoms with van der Waals surface area (Å²) in [5, 5.41) is 5.79. The highest BCUT2D eigenvalue weighted by Gasteiger charge is 2.18. The Labute approximate surface area is 156 Å². The van der Waals surface area contributed by atoms with Crippen molar-refractivity contribution in [2.24, 2.45) is 0 Å². The van der Waals surface area contributed by atoms with Crippen molar-refractivity contribution in [3.8, 4) is 0 Å². The van der Waals surface area contributed by atoms with Crippen molar-refractivity contribution in [2.45, 2.75) is 19.4 Å². The Kier molecular flexibility index (Phi) is 7.17. The lowest BCUT2D eigenvalue weighted by Crippen LogP contribution is -2.32. The van der Waals surface area contributed by atoms with Gasteiger partial charge < -0.3 is 15.4 Å². The fraction of sp³-hybridized carbons (Fsp3) is 0.211. The molecule has 2 amide bonds. The van der Waals surface area contributed by atoms with Crippen LogP contribution in [0.5, 0.6) is 0 Å². The van der Waals surface area contributed by atoms with Crippen molar-refractivity contribution < 1.29 is 19.1 Å². The number of hydrogen-bond donors (Lipinski definition) is 2. The summed E-state index contributed by atoms with van der Waals surface area (Å²) in [5.74, 6) is -1.31. The van der Waals surface area contributed by atoms with Gasteiger partial charge in [0.2, 0.25) is 0 Å². The van der Waals surface area contributed by atoms with Crippen LogP contribution >= 0.6 is 11.6 Å². The first kappa shape index (κ1) is 19.5. The Morgan fingerprint density at radius 3 is 2.35 bits per heavy atom. The number of rotatable bonds is 7. The predicted molar refractivity (Wildman–Crippen MR) is 99.0 cm³/mol. The van der Waals surface area contributed by atoms with E-state index in [9.17, 15) is 14.4 Å². The third kappa shape index (κ3) is 6.22. The Morgan fingerprint density at radius 2 is 1.69 bits per heavy atom. The van der Waals surface area contributed by atoms with Crippen LogP contribution in [0.25, 0.3) is 0 Å². The van der Waals surface area contributed by atoms with Gasteiger partial charge in [-0.15, -0.1) is 0 Å². The van der Waals surface area contributed by atoms with Crippen LogP contribution < -0.4 is 10.6 Å².